The fourth-order valence-electron chi connectivity index (χ4n) is 9.25. The molecule has 0 rings (SSSR count). The molecule has 3 atom stereocenters. The van der Waals surface area contributed by atoms with E-state index >= 15 is 0 Å². The molecule has 0 radical (unpaired) electrons. The number of carbonyl (C=O) groups excluding carboxylic acids is 2. The lowest BCUT2D eigenvalue weighted by Gasteiger charge is -2.30. The highest BCUT2D eigenvalue weighted by molar-refractivity contribution is 7.45. The minimum Gasteiger partial charge on any atom is -0.756 e. The number of phosphoric acid groups is 1. The third-order valence-corrected chi connectivity index (χ3v) is 15.3. The number of amides is 1. The number of rotatable bonds is 59. The fraction of sp³-hybridized carbons (Fsp3) is 0.768. The molecule has 3 unspecified atom stereocenters. The second-order valence-corrected chi connectivity index (χ2v) is 24.6. The van der Waals surface area contributed by atoms with E-state index in [0.717, 1.165) is 103 Å². The molecule has 0 fully saturated rings. The van der Waals surface area contributed by atoms with Crippen LogP contribution in [0, 0.1) is 0 Å². The third kappa shape index (κ3) is 59.6. The van der Waals surface area contributed by atoms with E-state index in [1.165, 1.54) is 148 Å². The first-order valence-electron chi connectivity index (χ1n) is 32.9. The van der Waals surface area contributed by atoms with Gasteiger partial charge in [-0.1, -0.05) is 260 Å². The van der Waals surface area contributed by atoms with E-state index in [9.17, 15) is 19.0 Å². The molecular weight excluding hydrogens is 1000 g/mol. The number of ether oxygens (including phenoxy) is 1. The van der Waals surface area contributed by atoms with Crippen molar-refractivity contribution in [3.63, 3.8) is 0 Å². The van der Waals surface area contributed by atoms with Gasteiger partial charge >= 0.3 is 5.97 Å². The molecule has 0 aliphatic carbocycles. The summed E-state index contributed by atoms with van der Waals surface area (Å²) in [6.45, 7) is 6.73. The predicted molar refractivity (Wildman–Crippen MR) is 339 cm³/mol. The molecule has 0 saturated carbocycles. The number of hydrogen-bond donors (Lipinski definition) is 1. The van der Waals surface area contributed by atoms with E-state index in [2.05, 4.69) is 99.0 Å². The van der Waals surface area contributed by atoms with Crippen LogP contribution in [0.2, 0.25) is 0 Å². The first kappa shape index (κ1) is 76.2. The molecule has 0 aliphatic heterocycles. The quantitative estimate of drug-likeness (QED) is 0.0212. The topological polar surface area (TPSA) is 114 Å². The minimum absolute atomic E-state index is 0.0273. The summed E-state index contributed by atoms with van der Waals surface area (Å²) in [4.78, 5) is 40.1. The Morgan fingerprint density at radius 1 is 0.456 bits per heavy atom. The summed E-state index contributed by atoms with van der Waals surface area (Å²) in [5.41, 5.74) is 0. The Balaban J connectivity index is 5.16. The molecule has 0 aromatic carbocycles. The maximum Gasteiger partial charge on any atom is 0.306 e. The molecule has 0 aliphatic rings. The van der Waals surface area contributed by atoms with E-state index in [1.807, 2.05) is 33.3 Å². The van der Waals surface area contributed by atoms with Crippen LogP contribution in [-0.2, 0) is 27.9 Å². The summed E-state index contributed by atoms with van der Waals surface area (Å²) in [5, 5.41) is 3.03. The smallest absolute Gasteiger partial charge is 0.306 e. The summed E-state index contributed by atoms with van der Waals surface area (Å²) in [6.07, 6.45) is 76.9. The van der Waals surface area contributed by atoms with Crippen LogP contribution < -0.4 is 10.2 Å². The Kier molecular flexibility index (Phi) is 56.3. The summed E-state index contributed by atoms with van der Waals surface area (Å²) in [6, 6.07) is -0.898. The molecule has 0 heterocycles. The number of hydrogen-bond acceptors (Lipinski definition) is 7. The molecule has 79 heavy (non-hydrogen) atoms. The van der Waals surface area contributed by atoms with Crippen LogP contribution in [0.3, 0.4) is 0 Å². The molecular formula is C69H125N2O7P. The van der Waals surface area contributed by atoms with Gasteiger partial charge in [-0.2, -0.15) is 0 Å². The zero-order valence-electron chi connectivity index (χ0n) is 52.3. The number of phosphoric ester groups is 1. The highest BCUT2D eigenvalue weighted by Gasteiger charge is 2.27. The van der Waals surface area contributed by atoms with Crippen LogP contribution in [0.25, 0.3) is 0 Å². The number of carbonyl (C=O) groups is 2. The highest BCUT2D eigenvalue weighted by Crippen LogP contribution is 2.38. The lowest BCUT2D eigenvalue weighted by molar-refractivity contribution is -0.870. The Morgan fingerprint density at radius 2 is 0.810 bits per heavy atom. The van der Waals surface area contributed by atoms with Crippen molar-refractivity contribution in [2.45, 2.75) is 303 Å². The van der Waals surface area contributed by atoms with Gasteiger partial charge in [-0.3, -0.25) is 14.2 Å². The Bertz CT molecular complexity index is 1630. The Hall–Kier alpha value is -2.81. The second kappa shape index (κ2) is 58.4. The van der Waals surface area contributed by atoms with Crippen molar-refractivity contribution in [2.75, 3.05) is 40.9 Å². The van der Waals surface area contributed by atoms with Crippen molar-refractivity contribution in [3.8, 4) is 0 Å². The molecule has 0 aromatic heterocycles. The van der Waals surface area contributed by atoms with E-state index in [0.29, 0.717) is 23.9 Å². The zero-order valence-corrected chi connectivity index (χ0v) is 53.2. The Morgan fingerprint density at radius 3 is 1.23 bits per heavy atom. The second-order valence-electron chi connectivity index (χ2n) is 23.2. The van der Waals surface area contributed by atoms with Gasteiger partial charge in [-0.15, -0.1) is 0 Å². The van der Waals surface area contributed by atoms with E-state index < -0.39 is 26.6 Å². The van der Waals surface area contributed by atoms with Crippen LogP contribution in [-0.4, -0.2) is 69.4 Å². The lowest BCUT2D eigenvalue weighted by Crippen LogP contribution is -2.47. The van der Waals surface area contributed by atoms with Crippen molar-refractivity contribution >= 4 is 19.7 Å². The monoisotopic (exact) mass is 1120 g/mol. The number of nitrogens with one attached hydrogen (secondary N) is 1. The summed E-state index contributed by atoms with van der Waals surface area (Å²) >= 11 is 0. The Labute approximate surface area is 488 Å². The van der Waals surface area contributed by atoms with Gasteiger partial charge in [0.25, 0.3) is 7.82 Å². The molecule has 0 saturated heterocycles. The van der Waals surface area contributed by atoms with E-state index in [4.69, 9.17) is 13.8 Å². The van der Waals surface area contributed by atoms with Crippen molar-refractivity contribution in [1.29, 1.82) is 0 Å². The predicted octanol–water partition coefficient (Wildman–Crippen LogP) is 19.9. The van der Waals surface area contributed by atoms with E-state index in [1.54, 1.807) is 0 Å². The van der Waals surface area contributed by atoms with Gasteiger partial charge in [0, 0.05) is 12.8 Å². The van der Waals surface area contributed by atoms with Crippen LogP contribution in [0.1, 0.15) is 290 Å². The number of unbranched alkanes of at least 4 members (excludes halogenated alkanes) is 31. The van der Waals surface area contributed by atoms with Gasteiger partial charge in [-0.05, 0) is 102 Å². The molecule has 0 spiro atoms. The van der Waals surface area contributed by atoms with Crippen molar-refractivity contribution < 1.29 is 37.3 Å². The van der Waals surface area contributed by atoms with Crippen molar-refractivity contribution in [3.05, 3.63) is 85.1 Å². The number of allylic oxidation sites excluding steroid dienone is 13. The van der Waals surface area contributed by atoms with Gasteiger partial charge in [-0.25, -0.2) is 0 Å². The van der Waals surface area contributed by atoms with Crippen LogP contribution in [0.4, 0.5) is 0 Å². The van der Waals surface area contributed by atoms with E-state index in [-0.39, 0.29) is 24.9 Å². The average molecular weight is 1130 g/mol. The summed E-state index contributed by atoms with van der Waals surface area (Å²) in [5.74, 6) is -0.554. The zero-order chi connectivity index (χ0) is 57.9. The van der Waals surface area contributed by atoms with Gasteiger partial charge in [0.05, 0.1) is 33.8 Å². The standard InChI is InChI=1S/C69H125N2O7P/c1-7-10-13-16-19-22-25-27-29-31-33-34-35-36-38-40-42-44-47-50-53-56-59-62-69(73)78-67(60-57-54-51-48-45-24-21-18-15-12-9-3)66(65-77-79(74,75)76-64-63-71(4,5)6)70-68(72)61-58-55-52-49-46-43-41-39-37-32-30-28-26-23-20-17-14-11-8-2/h10,13,19,22,27-30,33-34,36,38,57,60,66-67H,7-9,11-12,14-18,20-21,23-26,31-32,35,37,39-56,58-59,61-65H2,1-6H3,(H-,70,72,74,75)/b13-10-,22-19-,29-27-,30-28+,34-33-,38-36-,60-57+. The highest BCUT2D eigenvalue weighted by atomic mass is 31.2. The van der Waals surface area contributed by atoms with Crippen LogP contribution >= 0.6 is 7.82 Å². The SMILES string of the molecule is CC/C=C\C/C=C\C/C=C\C/C=C\C/C=C\CCCCCCCCCC(=O)OC(/C=C/CCCCCCCCCCC)C(COP(=O)([O-])OCC[N+](C)(C)C)NC(=O)CCCCCCCCCCC/C=C/CCCCCCCC. The lowest BCUT2D eigenvalue weighted by atomic mass is 10.0. The minimum atomic E-state index is -4.71. The van der Waals surface area contributed by atoms with Gasteiger partial charge in [0.2, 0.25) is 5.91 Å². The molecule has 9 nitrogen and oxygen atoms in total. The number of likely N-dealkylation sites (N-methyl/N-ethyl adjacent to an activating group) is 1. The molecule has 458 valence electrons. The molecule has 0 aromatic rings. The average Bonchev–Trinajstić information content (AvgIpc) is 3.41. The normalized spacial score (nSPS) is 14.2. The van der Waals surface area contributed by atoms with Crippen molar-refractivity contribution in [2.24, 2.45) is 0 Å². The molecule has 1 amide bonds. The van der Waals surface area contributed by atoms with Gasteiger partial charge in [0.15, 0.2) is 0 Å². The maximum absolute atomic E-state index is 13.6. The fourth-order valence-corrected chi connectivity index (χ4v) is 9.97. The van der Waals surface area contributed by atoms with Gasteiger partial charge in [0.1, 0.15) is 19.3 Å². The molecule has 1 N–H and O–H groups in total. The molecule has 10 heteroatoms. The number of esters is 1. The molecule has 0 bridgehead atoms. The first-order chi connectivity index (χ1) is 38.4. The van der Waals surface area contributed by atoms with Gasteiger partial charge < -0.3 is 28.5 Å². The first-order valence-corrected chi connectivity index (χ1v) is 34.4. The largest absolute Gasteiger partial charge is 0.756 e. The third-order valence-electron chi connectivity index (χ3n) is 14.3. The summed E-state index contributed by atoms with van der Waals surface area (Å²) in [7, 11) is 1.17. The number of nitrogens with zero attached hydrogens (tertiary/aromatic N) is 1. The van der Waals surface area contributed by atoms with Crippen LogP contribution in [0.5, 0.6) is 0 Å². The maximum atomic E-state index is 13.6. The van der Waals surface area contributed by atoms with Crippen molar-refractivity contribution in [1.82, 2.24) is 5.32 Å². The van der Waals surface area contributed by atoms with Crippen LogP contribution in [0.15, 0.2) is 85.1 Å². The summed E-state index contributed by atoms with van der Waals surface area (Å²) < 4.78 is 30.3. The number of quaternary nitrogens is 1.